The molecule has 2 aromatic rings. The van der Waals surface area contributed by atoms with Crippen molar-refractivity contribution in [1.82, 2.24) is 0 Å². The number of aromatic carboxylic acids is 1. The summed E-state index contributed by atoms with van der Waals surface area (Å²) in [5.41, 5.74) is -1.80. The maximum absolute atomic E-state index is 15.2. The van der Waals surface area contributed by atoms with E-state index >= 15 is 4.39 Å². The zero-order valence-electron chi connectivity index (χ0n) is 17.7. The van der Waals surface area contributed by atoms with Crippen LogP contribution in [0.2, 0.25) is 0 Å². The first kappa shape index (κ1) is 24.0. The van der Waals surface area contributed by atoms with Gasteiger partial charge in [-0.3, -0.25) is 0 Å². The van der Waals surface area contributed by atoms with Crippen molar-refractivity contribution in [3.8, 4) is 11.1 Å². The van der Waals surface area contributed by atoms with Gasteiger partial charge in [-0.05, 0) is 86.1 Å². The first-order valence-electron chi connectivity index (χ1n) is 10.8. The number of carboxylic acids is 1. The number of halogens is 5. The minimum atomic E-state index is -1.83. The van der Waals surface area contributed by atoms with Gasteiger partial charge in [-0.25, -0.2) is 26.7 Å². The number of allylic oxidation sites excluding steroid dienone is 2. The minimum absolute atomic E-state index is 0.153. The van der Waals surface area contributed by atoms with E-state index in [0.29, 0.717) is 30.9 Å². The Balaban J connectivity index is 1.98. The van der Waals surface area contributed by atoms with Crippen LogP contribution in [0.4, 0.5) is 22.0 Å². The van der Waals surface area contributed by atoms with Crippen LogP contribution in [-0.4, -0.2) is 11.1 Å². The summed E-state index contributed by atoms with van der Waals surface area (Å²) in [4.78, 5) is 11.4. The van der Waals surface area contributed by atoms with Crippen LogP contribution in [0.3, 0.4) is 0 Å². The van der Waals surface area contributed by atoms with Gasteiger partial charge in [-0.15, -0.1) is 0 Å². The summed E-state index contributed by atoms with van der Waals surface area (Å²) < 4.78 is 70.9. The maximum Gasteiger partial charge on any atom is 0.341 e. The van der Waals surface area contributed by atoms with Crippen LogP contribution in [-0.2, 0) is 0 Å². The van der Waals surface area contributed by atoms with E-state index in [2.05, 4.69) is 19.1 Å². The van der Waals surface area contributed by atoms with E-state index in [9.17, 15) is 27.5 Å². The van der Waals surface area contributed by atoms with E-state index in [4.69, 9.17) is 0 Å². The molecule has 0 radical (unpaired) electrons. The molecule has 0 aliphatic heterocycles. The average molecular weight is 452 g/mol. The molecule has 1 N–H and O–H groups in total. The van der Waals surface area contributed by atoms with E-state index in [-0.39, 0.29) is 17.0 Å². The normalized spacial score (nSPS) is 18.9. The molecule has 1 fully saturated rings. The third-order valence-electron chi connectivity index (χ3n) is 6.17. The van der Waals surface area contributed by atoms with Crippen LogP contribution in [0.5, 0.6) is 0 Å². The molecule has 32 heavy (non-hydrogen) atoms. The lowest BCUT2D eigenvalue weighted by atomic mass is 9.75. The molecular weight excluding hydrogens is 427 g/mol. The van der Waals surface area contributed by atoms with Crippen molar-refractivity contribution in [2.45, 2.75) is 57.8 Å². The SMILES string of the molecule is CC/C=C/CCC1CCC(c2cc(F)c(C(=O)O)c(F)c2-c2cc(F)c(F)c(F)c2)CC1. The molecule has 0 aromatic heterocycles. The molecule has 1 aliphatic rings. The molecule has 7 heteroatoms. The number of hydrogen-bond acceptors (Lipinski definition) is 1. The fourth-order valence-corrected chi connectivity index (χ4v) is 4.53. The highest BCUT2D eigenvalue weighted by molar-refractivity contribution is 5.91. The minimum Gasteiger partial charge on any atom is -0.477 e. The zero-order valence-corrected chi connectivity index (χ0v) is 17.7. The van der Waals surface area contributed by atoms with E-state index in [1.807, 2.05) is 0 Å². The monoisotopic (exact) mass is 452 g/mol. The quantitative estimate of drug-likeness (QED) is 0.265. The second-order valence-electron chi connectivity index (χ2n) is 8.25. The summed E-state index contributed by atoms with van der Waals surface area (Å²) in [7, 11) is 0. The van der Waals surface area contributed by atoms with Gasteiger partial charge in [-0.2, -0.15) is 0 Å². The Morgan fingerprint density at radius 3 is 2.12 bits per heavy atom. The first-order chi connectivity index (χ1) is 15.2. The molecule has 172 valence electrons. The van der Waals surface area contributed by atoms with Crippen LogP contribution in [0, 0.1) is 35.0 Å². The van der Waals surface area contributed by atoms with Gasteiger partial charge in [0.2, 0.25) is 0 Å². The number of rotatable bonds is 7. The van der Waals surface area contributed by atoms with Crippen LogP contribution in [0.1, 0.15) is 73.7 Å². The van der Waals surface area contributed by atoms with Crippen LogP contribution in [0.15, 0.2) is 30.4 Å². The maximum atomic E-state index is 15.2. The zero-order chi connectivity index (χ0) is 23.4. The number of carbonyl (C=O) groups is 1. The van der Waals surface area contributed by atoms with Gasteiger partial charge in [0.05, 0.1) is 0 Å². The van der Waals surface area contributed by atoms with E-state index in [0.717, 1.165) is 38.2 Å². The van der Waals surface area contributed by atoms with Gasteiger partial charge >= 0.3 is 5.97 Å². The molecule has 2 aromatic carbocycles. The fraction of sp³-hybridized carbons (Fsp3) is 0.400. The van der Waals surface area contributed by atoms with E-state index in [1.165, 1.54) is 0 Å². The summed E-state index contributed by atoms with van der Waals surface area (Å²) in [6.45, 7) is 2.06. The number of benzene rings is 2. The summed E-state index contributed by atoms with van der Waals surface area (Å²) in [6, 6.07) is 2.15. The highest BCUT2D eigenvalue weighted by Crippen LogP contribution is 2.43. The molecular formula is C25H25F5O2. The van der Waals surface area contributed by atoms with Gasteiger partial charge in [-0.1, -0.05) is 19.1 Å². The molecule has 0 atom stereocenters. The smallest absolute Gasteiger partial charge is 0.341 e. The van der Waals surface area contributed by atoms with Crippen molar-refractivity contribution < 1.29 is 31.9 Å². The highest BCUT2D eigenvalue weighted by Gasteiger charge is 2.31. The van der Waals surface area contributed by atoms with Crippen LogP contribution >= 0.6 is 0 Å². The lowest BCUT2D eigenvalue weighted by molar-refractivity contribution is 0.0686. The van der Waals surface area contributed by atoms with Crippen LogP contribution < -0.4 is 0 Å². The van der Waals surface area contributed by atoms with Crippen molar-refractivity contribution in [1.29, 1.82) is 0 Å². The Kier molecular flexibility index (Phi) is 7.69. The molecule has 0 unspecified atom stereocenters. The number of hydrogen-bond donors (Lipinski definition) is 1. The Morgan fingerprint density at radius 2 is 1.56 bits per heavy atom. The van der Waals surface area contributed by atoms with Crippen LogP contribution in [0.25, 0.3) is 11.1 Å². The Morgan fingerprint density at radius 1 is 0.938 bits per heavy atom. The molecule has 1 aliphatic carbocycles. The molecule has 1 saturated carbocycles. The van der Waals surface area contributed by atoms with Gasteiger partial charge in [0.15, 0.2) is 17.5 Å². The van der Waals surface area contributed by atoms with Crippen molar-refractivity contribution in [3.63, 3.8) is 0 Å². The summed E-state index contributed by atoms with van der Waals surface area (Å²) in [5.74, 6) is -9.12. The van der Waals surface area contributed by atoms with E-state index < -0.39 is 46.2 Å². The summed E-state index contributed by atoms with van der Waals surface area (Å²) in [5, 5.41) is 9.23. The Labute approximate surface area is 183 Å². The second kappa shape index (κ2) is 10.3. The summed E-state index contributed by atoms with van der Waals surface area (Å²) >= 11 is 0. The topological polar surface area (TPSA) is 37.3 Å². The fourth-order valence-electron chi connectivity index (χ4n) is 4.53. The lowest BCUT2D eigenvalue weighted by Gasteiger charge is -2.30. The molecule has 0 heterocycles. The predicted molar refractivity (Wildman–Crippen MR) is 112 cm³/mol. The molecule has 2 nitrogen and oxygen atoms in total. The average Bonchev–Trinajstić information content (AvgIpc) is 2.74. The van der Waals surface area contributed by atoms with Gasteiger partial charge in [0, 0.05) is 5.56 Å². The highest BCUT2D eigenvalue weighted by atomic mass is 19.2. The van der Waals surface area contributed by atoms with Crippen molar-refractivity contribution in [2.75, 3.05) is 0 Å². The standard InChI is InChI=1S/C25H25F5O2/c1-2-3-4-5-6-14-7-9-15(10-8-14)17-13-18(26)22(25(31)32)24(30)21(17)16-11-19(27)23(29)20(28)12-16/h3-4,11-15H,2,5-10H2,1H3,(H,31,32)/b4-3+. The van der Waals surface area contributed by atoms with Crippen molar-refractivity contribution >= 4 is 5.97 Å². The largest absolute Gasteiger partial charge is 0.477 e. The predicted octanol–water partition coefficient (Wildman–Crippen LogP) is 7.77. The Hall–Kier alpha value is -2.70. The third kappa shape index (κ3) is 5.03. The number of carboxylic acid groups (broad SMARTS) is 1. The summed E-state index contributed by atoms with van der Waals surface area (Å²) in [6.07, 6.45) is 10.0. The van der Waals surface area contributed by atoms with Gasteiger partial charge in [0.1, 0.15) is 17.2 Å². The van der Waals surface area contributed by atoms with Gasteiger partial charge in [0.25, 0.3) is 0 Å². The molecule has 0 amide bonds. The molecule has 0 bridgehead atoms. The third-order valence-corrected chi connectivity index (χ3v) is 6.17. The van der Waals surface area contributed by atoms with E-state index in [1.54, 1.807) is 0 Å². The van der Waals surface area contributed by atoms with Crippen molar-refractivity contribution in [2.24, 2.45) is 5.92 Å². The van der Waals surface area contributed by atoms with Crippen molar-refractivity contribution in [3.05, 3.63) is 70.6 Å². The molecule has 3 rings (SSSR count). The molecule has 0 saturated heterocycles. The second-order valence-corrected chi connectivity index (χ2v) is 8.25. The van der Waals surface area contributed by atoms with Gasteiger partial charge < -0.3 is 5.11 Å². The molecule has 0 spiro atoms. The Bertz CT molecular complexity index is 1000. The first-order valence-corrected chi connectivity index (χ1v) is 10.8. The lowest BCUT2D eigenvalue weighted by Crippen LogP contribution is -2.16.